The minimum atomic E-state index is 0.680. The number of hydrogen-bond donors (Lipinski definition) is 1. The van der Waals surface area contributed by atoms with Gasteiger partial charge in [-0.1, -0.05) is 20.8 Å². The van der Waals surface area contributed by atoms with Gasteiger partial charge in [0.25, 0.3) is 0 Å². The fourth-order valence-corrected chi connectivity index (χ4v) is 2.56. The molecule has 0 bridgehead atoms. The van der Waals surface area contributed by atoms with Crippen molar-refractivity contribution < 1.29 is 4.74 Å². The molecule has 2 heterocycles. The summed E-state index contributed by atoms with van der Waals surface area (Å²) < 4.78 is 5.54. The van der Waals surface area contributed by atoms with Crippen LogP contribution in [0, 0.1) is 5.92 Å². The summed E-state index contributed by atoms with van der Waals surface area (Å²) in [5, 5.41) is 3.52. The van der Waals surface area contributed by atoms with Gasteiger partial charge in [-0.05, 0) is 43.0 Å². The molecule has 1 aliphatic rings. The van der Waals surface area contributed by atoms with E-state index < -0.39 is 0 Å². The number of aromatic nitrogens is 1. The van der Waals surface area contributed by atoms with Gasteiger partial charge < -0.3 is 15.0 Å². The van der Waals surface area contributed by atoms with E-state index in [9.17, 15) is 0 Å². The van der Waals surface area contributed by atoms with Gasteiger partial charge in [-0.15, -0.1) is 0 Å². The Kier molecular flexibility index (Phi) is 6.46. The minimum Gasteiger partial charge on any atom is -0.380 e. The first-order valence-corrected chi connectivity index (χ1v) is 8.22. The van der Waals surface area contributed by atoms with Gasteiger partial charge >= 0.3 is 0 Å². The summed E-state index contributed by atoms with van der Waals surface area (Å²) >= 11 is 0. The highest BCUT2D eigenvalue weighted by Gasteiger charge is 2.13. The van der Waals surface area contributed by atoms with Crippen molar-refractivity contribution >= 4 is 5.82 Å². The van der Waals surface area contributed by atoms with Crippen molar-refractivity contribution in [2.24, 2.45) is 5.92 Å². The molecule has 21 heavy (non-hydrogen) atoms. The van der Waals surface area contributed by atoms with Gasteiger partial charge in [0.2, 0.25) is 0 Å². The molecule has 118 valence electrons. The Morgan fingerprint density at radius 3 is 2.90 bits per heavy atom. The lowest BCUT2D eigenvalue weighted by Crippen LogP contribution is -2.27. The molecule has 1 aliphatic heterocycles. The van der Waals surface area contributed by atoms with Gasteiger partial charge in [0, 0.05) is 31.9 Å². The molecule has 0 aliphatic carbocycles. The number of nitrogens with zero attached hydrogens (tertiary/aromatic N) is 2. The second-order valence-electron chi connectivity index (χ2n) is 6.16. The standard InChI is InChI=1S/C17H29N3O/c1-4-16-10-15(13-18-12-14(2)3)11-17(19-16)20-6-5-8-21-9-7-20/h10-11,14,18H,4-9,12-13H2,1-3H3. The van der Waals surface area contributed by atoms with E-state index in [0.29, 0.717) is 5.92 Å². The third kappa shape index (κ3) is 5.29. The molecule has 4 nitrogen and oxygen atoms in total. The SMILES string of the molecule is CCc1cc(CNCC(C)C)cc(N2CCCOCC2)n1. The summed E-state index contributed by atoms with van der Waals surface area (Å²) in [6.07, 6.45) is 2.06. The molecule has 0 amide bonds. The molecule has 0 aromatic carbocycles. The maximum Gasteiger partial charge on any atom is 0.129 e. The smallest absolute Gasteiger partial charge is 0.129 e. The Balaban J connectivity index is 2.08. The van der Waals surface area contributed by atoms with Crippen LogP contribution in [-0.2, 0) is 17.7 Å². The highest BCUT2D eigenvalue weighted by atomic mass is 16.5. The van der Waals surface area contributed by atoms with Crippen LogP contribution >= 0.6 is 0 Å². The number of pyridine rings is 1. The van der Waals surface area contributed by atoms with Crippen molar-refractivity contribution in [1.82, 2.24) is 10.3 Å². The molecule has 1 aromatic heterocycles. The number of anilines is 1. The summed E-state index contributed by atoms with van der Waals surface area (Å²) in [6, 6.07) is 4.46. The van der Waals surface area contributed by atoms with Gasteiger partial charge in [0.15, 0.2) is 0 Å². The van der Waals surface area contributed by atoms with E-state index in [1.54, 1.807) is 0 Å². The summed E-state index contributed by atoms with van der Waals surface area (Å²) in [6.45, 7) is 12.3. The lowest BCUT2D eigenvalue weighted by Gasteiger charge is -2.22. The molecule has 0 unspecified atom stereocenters. The quantitative estimate of drug-likeness (QED) is 0.874. The third-order valence-corrected chi connectivity index (χ3v) is 3.71. The third-order valence-electron chi connectivity index (χ3n) is 3.71. The van der Waals surface area contributed by atoms with Crippen molar-refractivity contribution in [3.63, 3.8) is 0 Å². The molecule has 1 fully saturated rings. The van der Waals surface area contributed by atoms with Crippen molar-refractivity contribution in [2.45, 2.75) is 40.2 Å². The monoisotopic (exact) mass is 291 g/mol. The Bertz CT molecular complexity index is 426. The summed E-state index contributed by atoms with van der Waals surface area (Å²) in [7, 11) is 0. The molecule has 1 aromatic rings. The highest BCUT2D eigenvalue weighted by Crippen LogP contribution is 2.17. The van der Waals surface area contributed by atoms with Crippen molar-refractivity contribution in [1.29, 1.82) is 0 Å². The number of ether oxygens (including phenoxy) is 1. The zero-order valence-corrected chi connectivity index (χ0v) is 13.7. The fraction of sp³-hybridized carbons (Fsp3) is 0.706. The summed E-state index contributed by atoms with van der Waals surface area (Å²) in [4.78, 5) is 7.16. The van der Waals surface area contributed by atoms with Crippen LogP contribution in [0.5, 0.6) is 0 Å². The van der Waals surface area contributed by atoms with Crippen molar-refractivity contribution in [3.05, 3.63) is 23.4 Å². The number of nitrogens with one attached hydrogen (secondary N) is 1. The molecule has 2 rings (SSSR count). The Morgan fingerprint density at radius 2 is 2.14 bits per heavy atom. The van der Waals surface area contributed by atoms with E-state index in [-0.39, 0.29) is 0 Å². The lowest BCUT2D eigenvalue weighted by atomic mass is 10.1. The molecule has 0 saturated carbocycles. The first-order valence-electron chi connectivity index (χ1n) is 8.22. The molecule has 0 atom stereocenters. The van der Waals surface area contributed by atoms with Gasteiger partial charge in [-0.3, -0.25) is 0 Å². The Hall–Kier alpha value is -1.13. The van der Waals surface area contributed by atoms with Crippen LogP contribution in [0.2, 0.25) is 0 Å². The second kappa shape index (κ2) is 8.35. The van der Waals surface area contributed by atoms with Crippen molar-refractivity contribution in [2.75, 3.05) is 37.7 Å². The topological polar surface area (TPSA) is 37.4 Å². The number of rotatable bonds is 6. The van der Waals surface area contributed by atoms with E-state index in [2.05, 4.69) is 43.1 Å². The zero-order chi connectivity index (χ0) is 15.1. The predicted octanol–water partition coefficient (Wildman–Crippen LogP) is 2.62. The maximum absolute atomic E-state index is 5.54. The highest BCUT2D eigenvalue weighted by molar-refractivity contribution is 5.43. The van der Waals surface area contributed by atoms with Crippen LogP contribution in [0.4, 0.5) is 5.82 Å². The first kappa shape index (κ1) is 16.2. The maximum atomic E-state index is 5.54. The van der Waals surface area contributed by atoms with Crippen LogP contribution in [0.25, 0.3) is 0 Å². The van der Waals surface area contributed by atoms with Crippen LogP contribution in [-0.4, -0.2) is 37.8 Å². The van der Waals surface area contributed by atoms with Crippen molar-refractivity contribution in [3.8, 4) is 0 Å². The predicted molar refractivity (Wildman–Crippen MR) is 87.8 cm³/mol. The van der Waals surface area contributed by atoms with Gasteiger partial charge in [-0.2, -0.15) is 0 Å². The first-order chi connectivity index (χ1) is 10.2. The fourth-order valence-electron chi connectivity index (χ4n) is 2.56. The summed E-state index contributed by atoms with van der Waals surface area (Å²) in [5.74, 6) is 1.79. The van der Waals surface area contributed by atoms with E-state index >= 15 is 0 Å². The van der Waals surface area contributed by atoms with E-state index in [1.807, 2.05) is 0 Å². The number of aryl methyl sites for hydroxylation is 1. The molecule has 4 heteroatoms. The lowest BCUT2D eigenvalue weighted by molar-refractivity contribution is 0.152. The largest absolute Gasteiger partial charge is 0.380 e. The van der Waals surface area contributed by atoms with E-state index in [4.69, 9.17) is 9.72 Å². The molecule has 1 N–H and O–H groups in total. The average molecular weight is 291 g/mol. The van der Waals surface area contributed by atoms with Gasteiger partial charge in [0.05, 0.1) is 6.61 Å². The van der Waals surface area contributed by atoms with Crippen LogP contribution in [0.15, 0.2) is 12.1 Å². The van der Waals surface area contributed by atoms with Crippen LogP contribution < -0.4 is 10.2 Å². The summed E-state index contributed by atoms with van der Waals surface area (Å²) in [5.41, 5.74) is 2.52. The van der Waals surface area contributed by atoms with Crippen LogP contribution in [0.3, 0.4) is 0 Å². The van der Waals surface area contributed by atoms with Gasteiger partial charge in [-0.25, -0.2) is 4.98 Å². The minimum absolute atomic E-state index is 0.680. The molecular formula is C17H29N3O. The molecule has 0 spiro atoms. The molecular weight excluding hydrogens is 262 g/mol. The zero-order valence-electron chi connectivity index (χ0n) is 13.7. The van der Waals surface area contributed by atoms with E-state index in [0.717, 1.165) is 58.1 Å². The normalized spacial score (nSPS) is 16.3. The van der Waals surface area contributed by atoms with E-state index in [1.165, 1.54) is 11.3 Å². The Morgan fingerprint density at radius 1 is 1.29 bits per heavy atom. The molecule has 1 saturated heterocycles. The number of hydrogen-bond acceptors (Lipinski definition) is 4. The Labute approximate surface area is 128 Å². The average Bonchev–Trinajstić information content (AvgIpc) is 2.75. The van der Waals surface area contributed by atoms with Gasteiger partial charge in [0.1, 0.15) is 5.82 Å². The second-order valence-corrected chi connectivity index (χ2v) is 6.16. The van der Waals surface area contributed by atoms with Crippen LogP contribution in [0.1, 0.15) is 38.4 Å². The molecule has 0 radical (unpaired) electrons.